The highest BCUT2D eigenvalue weighted by Crippen LogP contribution is 2.43. The number of carboxylic acid groups (broad SMARTS) is 1. The molecule has 3 atom stereocenters. The molecule has 1 saturated heterocycles. The zero-order valence-electron chi connectivity index (χ0n) is 21.1. The van der Waals surface area contributed by atoms with Gasteiger partial charge in [0.1, 0.15) is 17.4 Å². The van der Waals surface area contributed by atoms with Gasteiger partial charge in [-0.2, -0.15) is 8.78 Å². The van der Waals surface area contributed by atoms with Crippen molar-refractivity contribution in [3.05, 3.63) is 66.0 Å². The number of aryl methyl sites for hydroxylation is 1. The van der Waals surface area contributed by atoms with Gasteiger partial charge in [-0.1, -0.05) is 18.2 Å². The van der Waals surface area contributed by atoms with Crippen LogP contribution in [-0.4, -0.2) is 50.3 Å². The molecule has 11 heteroatoms. The van der Waals surface area contributed by atoms with Crippen LogP contribution >= 0.6 is 0 Å². The summed E-state index contributed by atoms with van der Waals surface area (Å²) in [6.45, 7) is 0.201. The topological polar surface area (TPSA) is 93.4 Å². The second kappa shape index (κ2) is 9.87. The number of aromatic nitrogens is 4. The fourth-order valence-electron chi connectivity index (χ4n) is 6.12. The molecule has 1 saturated carbocycles. The van der Waals surface area contributed by atoms with Gasteiger partial charge in [-0.25, -0.2) is 19.3 Å². The van der Waals surface area contributed by atoms with E-state index in [1.165, 1.54) is 12.1 Å². The summed E-state index contributed by atoms with van der Waals surface area (Å²) in [4.78, 5) is 27.1. The fraction of sp³-hybridized carbons (Fsp3) is 0.357. The molecule has 1 aliphatic carbocycles. The number of halogens is 3. The smallest absolute Gasteiger partial charge is 0.387 e. The minimum Gasteiger partial charge on any atom is -0.481 e. The van der Waals surface area contributed by atoms with Crippen molar-refractivity contribution in [3.63, 3.8) is 0 Å². The highest BCUT2D eigenvalue weighted by atomic mass is 19.3. The van der Waals surface area contributed by atoms with E-state index in [1.807, 2.05) is 9.47 Å². The number of fused-ring (bicyclic) bond motifs is 3. The predicted octanol–water partition coefficient (Wildman–Crippen LogP) is 5.14. The number of hydrogen-bond donors (Lipinski definition) is 1. The van der Waals surface area contributed by atoms with E-state index in [4.69, 9.17) is 0 Å². The molecule has 6 rings (SSSR count). The molecule has 202 valence electrons. The molecule has 2 aromatic carbocycles. The lowest BCUT2D eigenvalue weighted by molar-refractivity contribution is -0.144. The number of alkyl halides is 2. The number of ether oxygens (including phenoxy) is 1. The molecule has 2 aliphatic rings. The third-order valence-electron chi connectivity index (χ3n) is 7.90. The number of carbonyl (C=O) groups is 1. The lowest BCUT2D eigenvalue weighted by atomic mass is 9.85. The van der Waals surface area contributed by atoms with Crippen molar-refractivity contribution in [3.8, 4) is 16.9 Å². The SMILES string of the molecule is Cc1nc2cc(F)c(-c3cnc(N4C[C@H]5CC[C@@H](C4)[C@@H]5C(=O)O)nc3)cc2n1Cc1ccccc1OC(F)F. The average Bonchev–Trinajstić information content (AvgIpc) is 3.35. The molecule has 39 heavy (non-hydrogen) atoms. The molecule has 2 aromatic heterocycles. The Morgan fingerprint density at radius 1 is 1.13 bits per heavy atom. The highest BCUT2D eigenvalue weighted by Gasteiger charge is 2.46. The summed E-state index contributed by atoms with van der Waals surface area (Å²) < 4.78 is 47.5. The van der Waals surface area contributed by atoms with Crippen molar-refractivity contribution in [2.45, 2.75) is 32.9 Å². The van der Waals surface area contributed by atoms with Gasteiger partial charge in [0.2, 0.25) is 5.95 Å². The second-order valence-electron chi connectivity index (χ2n) is 10.2. The Morgan fingerprint density at radius 2 is 1.82 bits per heavy atom. The zero-order valence-corrected chi connectivity index (χ0v) is 21.1. The number of anilines is 1. The van der Waals surface area contributed by atoms with Crippen LogP contribution < -0.4 is 9.64 Å². The van der Waals surface area contributed by atoms with E-state index in [0.29, 0.717) is 47.0 Å². The molecule has 8 nitrogen and oxygen atoms in total. The minimum atomic E-state index is -2.95. The highest BCUT2D eigenvalue weighted by molar-refractivity contribution is 5.83. The van der Waals surface area contributed by atoms with E-state index < -0.39 is 18.4 Å². The van der Waals surface area contributed by atoms with E-state index in [-0.39, 0.29) is 35.6 Å². The van der Waals surface area contributed by atoms with Crippen molar-refractivity contribution in [1.29, 1.82) is 0 Å². The van der Waals surface area contributed by atoms with Gasteiger partial charge in [0.15, 0.2) is 0 Å². The van der Waals surface area contributed by atoms with E-state index in [1.54, 1.807) is 43.6 Å². The Hall–Kier alpha value is -4.15. The Labute approximate surface area is 222 Å². The Kier molecular flexibility index (Phi) is 6.36. The van der Waals surface area contributed by atoms with Gasteiger partial charge >= 0.3 is 12.6 Å². The summed E-state index contributed by atoms with van der Waals surface area (Å²) in [5.41, 5.74) is 2.38. The Balaban J connectivity index is 1.29. The molecule has 1 N–H and O–H groups in total. The maximum Gasteiger partial charge on any atom is 0.387 e. The van der Waals surface area contributed by atoms with Gasteiger partial charge in [-0.05, 0) is 43.7 Å². The third-order valence-corrected chi connectivity index (χ3v) is 7.90. The molecule has 0 radical (unpaired) electrons. The minimum absolute atomic E-state index is 0.0703. The van der Waals surface area contributed by atoms with Crippen molar-refractivity contribution < 1.29 is 27.8 Å². The first-order valence-corrected chi connectivity index (χ1v) is 12.8. The Morgan fingerprint density at radius 3 is 2.49 bits per heavy atom. The molecule has 2 fully saturated rings. The molecule has 1 aliphatic heterocycles. The molecule has 2 bridgehead atoms. The summed E-state index contributed by atoms with van der Waals surface area (Å²) in [7, 11) is 0. The van der Waals surface area contributed by atoms with Crippen molar-refractivity contribution >= 4 is 23.0 Å². The van der Waals surface area contributed by atoms with Gasteiger partial charge < -0.3 is 19.3 Å². The quantitative estimate of drug-likeness (QED) is 0.349. The molecular formula is C28H26F3N5O3. The van der Waals surface area contributed by atoms with Gasteiger partial charge in [-0.3, -0.25) is 4.79 Å². The van der Waals surface area contributed by atoms with Crippen LogP contribution in [0.4, 0.5) is 19.1 Å². The summed E-state index contributed by atoms with van der Waals surface area (Å²) in [5.74, 6) is -0.219. The monoisotopic (exact) mass is 537 g/mol. The summed E-state index contributed by atoms with van der Waals surface area (Å²) in [5, 5.41) is 9.56. The number of para-hydroxylation sites is 1. The number of imidazole rings is 1. The van der Waals surface area contributed by atoms with Crippen LogP contribution in [0.2, 0.25) is 0 Å². The van der Waals surface area contributed by atoms with Crippen molar-refractivity contribution in [1.82, 2.24) is 19.5 Å². The van der Waals surface area contributed by atoms with Crippen LogP contribution in [0.5, 0.6) is 5.75 Å². The molecule has 3 heterocycles. The van der Waals surface area contributed by atoms with Crippen LogP contribution in [0.1, 0.15) is 24.2 Å². The van der Waals surface area contributed by atoms with Gasteiger partial charge in [0, 0.05) is 48.2 Å². The van der Waals surface area contributed by atoms with E-state index in [9.17, 15) is 18.7 Å². The maximum absolute atomic E-state index is 15.2. The van der Waals surface area contributed by atoms with Gasteiger partial charge in [0.25, 0.3) is 0 Å². The first-order valence-electron chi connectivity index (χ1n) is 12.8. The number of rotatable bonds is 7. The lowest BCUT2D eigenvalue weighted by Crippen LogP contribution is -2.45. The van der Waals surface area contributed by atoms with Crippen molar-refractivity contribution in [2.75, 3.05) is 18.0 Å². The number of hydrogen-bond acceptors (Lipinski definition) is 6. The zero-order chi connectivity index (χ0) is 27.3. The van der Waals surface area contributed by atoms with Gasteiger partial charge in [-0.15, -0.1) is 0 Å². The van der Waals surface area contributed by atoms with Crippen molar-refractivity contribution in [2.24, 2.45) is 17.8 Å². The molecule has 0 spiro atoms. The number of benzene rings is 2. The van der Waals surface area contributed by atoms with Crippen LogP contribution in [0.3, 0.4) is 0 Å². The van der Waals surface area contributed by atoms with Crippen LogP contribution in [0, 0.1) is 30.5 Å². The predicted molar refractivity (Wildman–Crippen MR) is 137 cm³/mol. The van der Waals surface area contributed by atoms with Crippen LogP contribution in [0.15, 0.2) is 48.8 Å². The lowest BCUT2D eigenvalue weighted by Gasteiger charge is -2.35. The van der Waals surface area contributed by atoms with Gasteiger partial charge in [0.05, 0.1) is 23.5 Å². The third kappa shape index (κ3) is 4.66. The summed E-state index contributed by atoms with van der Waals surface area (Å²) in [6, 6.07) is 9.55. The Bertz CT molecular complexity index is 1530. The van der Waals surface area contributed by atoms with Crippen LogP contribution in [-0.2, 0) is 11.3 Å². The summed E-state index contributed by atoms with van der Waals surface area (Å²) >= 11 is 0. The standard InChI is InChI=1S/C28H26F3N5O3/c1-15-34-22-9-21(29)20(8-23(22)36(15)14-16-4-2-3-5-24(16)39-27(30)31)19-10-32-28(33-11-19)35-12-17-6-7-18(13-35)25(17)26(37)38/h2-5,8-11,17-18,25,27H,6-7,12-14H2,1H3,(H,37,38)/t17-,18+,25-. The second-order valence-corrected chi connectivity index (χ2v) is 10.2. The average molecular weight is 538 g/mol. The number of nitrogens with zero attached hydrogens (tertiary/aromatic N) is 5. The van der Waals surface area contributed by atoms with Crippen LogP contribution in [0.25, 0.3) is 22.2 Å². The first-order chi connectivity index (χ1) is 18.8. The summed E-state index contributed by atoms with van der Waals surface area (Å²) in [6.07, 6.45) is 4.90. The molecule has 0 unspecified atom stereocenters. The number of piperidine rings is 1. The molecular weight excluding hydrogens is 511 g/mol. The van der Waals surface area contributed by atoms with E-state index >= 15 is 4.39 Å². The molecule has 0 amide bonds. The largest absolute Gasteiger partial charge is 0.481 e. The van der Waals surface area contributed by atoms with E-state index in [2.05, 4.69) is 19.7 Å². The normalized spacial score (nSPS) is 20.6. The number of aliphatic carboxylic acids is 1. The van der Waals surface area contributed by atoms with E-state index in [0.717, 1.165) is 12.8 Å². The first kappa shape index (κ1) is 25.1. The number of carboxylic acids is 1. The molecule has 4 aromatic rings. The maximum atomic E-state index is 15.2. The fourth-order valence-corrected chi connectivity index (χ4v) is 6.12.